The van der Waals surface area contributed by atoms with Crippen LogP contribution in [-0.4, -0.2) is 15.1 Å². The summed E-state index contributed by atoms with van der Waals surface area (Å²) in [6.07, 6.45) is 9.65. The van der Waals surface area contributed by atoms with Crippen LogP contribution in [0.15, 0.2) is 23.0 Å². The molecule has 106 valence electrons. The van der Waals surface area contributed by atoms with E-state index >= 15 is 0 Å². The van der Waals surface area contributed by atoms with Gasteiger partial charge in [-0.1, -0.05) is 24.4 Å². The van der Waals surface area contributed by atoms with Crippen molar-refractivity contribution >= 4 is 0 Å². The highest BCUT2D eigenvalue weighted by Crippen LogP contribution is 2.33. The van der Waals surface area contributed by atoms with Crippen LogP contribution in [0.5, 0.6) is 0 Å². The number of nitrogens with zero attached hydrogens (tertiary/aromatic N) is 3. The van der Waals surface area contributed by atoms with Crippen LogP contribution in [0.2, 0.25) is 0 Å². The van der Waals surface area contributed by atoms with Crippen molar-refractivity contribution in [3.05, 3.63) is 29.9 Å². The summed E-state index contributed by atoms with van der Waals surface area (Å²) in [7, 11) is 0. The highest BCUT2D eigenvalue weighted by atomic mass is 16.5. The molecule has 2 aromatic heterocycles. The third kappa shape index (κ3) is 2.58. The summed E-state index contributed by atoms with van der Waals surface area (Å²) < 4.78 is 5.38. The Bertz CT molecular complexity index is 575. The van der Waals surface area contributed by atoms with Crippen molar-refractivity contribution in [1.29, 1.82) is 0 Å². The SMILES string of the molecule is Cc1ccncc1-c1noc(C(N)C2CCCCC2)n1. The lowest BCUT2D eigenvalue weighted by atomic mass is 9.84. The molecule has 1 aliphatic rings. The van der Waals surface area contributed by atoms with Gasteiger partial charge in [-0.3, -0.25) is 4.98 Å². The molecule has 0 bridgehead atoms. The topological polar surface area (TPSA) is 77.8 Å². The Morgan fingerprint density at radius 1 is 1.30 bits per heavy atom. The van der Waals surface area contributed by atoms with E-state index in [9.17, 15) is 0 Å². The van der Waals surface area contributed by atoms with Crippen molar-refractivity contribution < 1.29 is 4.52 Å². The molecule has 5 nitrogen and oxygen atoms in total. The highest BCUT2D eigenvalue weighted by Gasteiger charge is 2.26. The minimum absolute atomic E-state index is 0.145. The maximum absolute atomic E-state index is 6.29. The summed E-state index contributed by atoms with van der Waals surface area (Å²) >= 11 is 0. The van der Waals surface area contributed by atoms with Crippen LogP contribution in [0.4, 0.5) is 0 Å². The zero-order valence-corrected chi connectivity index (χ0v) is 11.7. The zero-order chi connectivity index (χ0) is 13.9. The van der Waals surface area contributed by atoms with E-state index in [-0.39, 0.29) is 6.04 Å². The summed E-state index contributed by atoms with van der Waals surface area (Å²) in [5.41, 5.74) is 8.27. The van der Waals surface area contributed by atoms with Gasteiger partial charge in [0.25, 0.3) is 0 Å². The van der Waals surface area contributed by atoms with Gasteiger partial charge in [0, 0.05) is 18.0 Å². The van der Waals surface area contributed by atoms with E-state index in [2.05, 4.69) is 15.1 Å². The van der Waals surface area contributed by atoms with E-state index in [1.807, 2.05) is 13.0 Å². The predicted octanol–water partition coefficient (Wildman–Crippen LogP) is 3.02. The second-order valence-corrected chi connectivity index (χ2v) is 5.57. The van der Waals surface area contributed by atoms with E-state index < -0.39 is 0 Å². The monoisotopic (exact) mass is 272 g/mol. The molecule has 1 unspecified atom stereocenters. The van der Waals surface area contributed by atoms with E-state index in [1.165, 1.54) is 19.3 Å². The first-order chi connectivity index (χ1) is 9.75. The maximum Gasteiger partial charge on any atom is 0.244 e. The van der Waals surface area contributed by atoms with Crippen molar-refractivity contribution in [3.8, 4) is 11.4 Å². The molecule has 0 amide bonds. The first-order valence-corrected chi connectivity index (χ1v) is 7.26. The summed E-state index contributed by atoms with van der Waals surface area (Å²) in [4.78, 5) is 8.59. The number of nitrogens with two attached hydrogens (primary N) is 1. The van der Waals surface area contributed by atoms with Crippen molar-refractivity contribution in [2.24, 2.45) is 11.7 Å². The summed E-state index contributed by atoms with van der Waals surface area (Å²) in [6, 6.07) is 1.79. The molecule has 1 saturated carbocycles. The lowest BCUT2D eigenvalue weighted by Gasteiger charge is -2.24. The third-order valence-electron chi connectivity index (χ3n) is 4.16. The molecule has 1 aliphatic carbocycles. The molecule has 3 rings (SSSR count). The fourth-order valence-corrected chi connectivity index (χ4v) is 2.87. The van der Waals surface area contributed by atoms with Crippen LogP contribution < -0.4 is 5.73 Å². The van der Waals surface area contributed by atoms with Crippen molar-refractivity contribution in [1.82, 2.24) is 15.1 Å². The molecule has 2 N–H and O–H groups in total. The van der Waals surface area contributed by atoms with Crippen LogP contribution in [0.1, 0.15) is 49.6 Å². The van der Waals surface area contributed by atoms with Gasteiger partial charge in [0.15, 0.2) is 0 Å². The second kappa shape index (κ2) is 5.71. The molecule has 0 aromatic carbocycles. The lowest BCUT2D eigenvalue weighted by molar-refractivity contribution is 0.255. The normalized spacial score (nSPS) is 18.1. The van der Waals surface area contributed by atoms with Gasteiger partial charge < -0.3 is 10.3 Å². The Morgan fingerprint density at radius 3 is 2.85 bits per heavy atom. The van der Waals surface area contributed by atoms with Crippen LogP contribution >= 0.6 is 0 Å². The van der Waals surface area contributed by atoms with E-state index in [0.717, 1.165) is 24.0 Å². The molecule has 0 aliphatic heterocycles. The molecule has 1 atom stereocenters. The van der Waals surface area contributed by atoms with Gasteiger partial charge in [-0.25, -0.2) is 0 Å². The average molecular weight is 272 g/mol. The Kier molecular flexibility index (Phi) is 3.78. The molecule has 2 heterocycles. The second-order valence-electron chi connectivity index (χ2n) is 5.57. The predicted molar refractivity (Wildman–Crippen MR) is 75.8 cm³/mol. The van der Waals surface area contributed by atoms with Crippen molar-refractivity contribution in [3.63, 3.8) is 0 Å². The molecule has 0 spiro atoms. The summed E-state index contributed by atoms with van der Waals surface area (Å²) in [5, 5.41) is 4.06. The van der Waals surface area contributed by atoms with Gasteiger partial charge in [-0.05, 0) is 37.3 Å². The summed E-state index contributed by atoms with van der Waals surface area (Å²) in [6.45, 7) is 2.01. The van der Waals surface area contributed by atoms with Crippen LogP contribution in [0.3, 0.4) is 0 Å². The van der Waals surface area contributed by atoms with E-state index in [4.69, 9.17) is 10.3 Å². The zero-order valence-electron chi connectivity index (χ0n) is 11.7. The van der Waals surface area contributed by atoms with Crippen molar-refractivity contribution in [2.45, 2.75) is 45.1 Å². The lowest BCUT2D eigenvalue weighted by Crippen LogP contribution is -2.23. The van der Waals surface area contributed by atoms with Gasteiger partial charge in [0.1, 0.15) is 0 Å². The molecular weight excluding hydrogens is 252 g/mol. The Labute approximate surface area is 118 Å². The van der Waals surface area contributed by atoms with Crippen molar-refractivity contribution in [2.75, 3.05) is 0 Å². The van der Waals surface area contributed by atoms with Crippen LogP contribution in [0, 0.1) is 12.8 Å². The fourth-order valence-electron chi connectivity index (χ4n) is 2.87. The minimum Gasteiger partial charge on any atom is -0.337 e. The van der Waals surface area contributed by atoms with Gasteiger partial charge in [-0.15, -0.1) is 0 Å². The Morgan fingerprint density at radius 2 is 2.10 bits per heavy atom. The Balaban J connectivity index is 1.81. The molecule has 0 saturated heterocycles. The third-order valence-corrected chi connectivity index (χ3v) is 4.16. The minimum atomic E-state index is -0.145. The standard InChI is InChI=1S/C15H20N4O/c1-10-7-8-17-9-12(10)14-18-15(20-19-14)13(16)11-5-3-2-4-6-11/h7-9,11,13H,2-6,16H2,1H3. The molecule has 20 heavy (non-hydrogen) atoms. The van der Waals surface area contributed by atoms with Gasteiger partial charge in [-0.2, -0.15) is 4.98 Å². The van der Waals surface area contributed by atoms with Crippen LogP contribution in [0.25, 0.3) is 11.4 Å². The number of hydrogen-bond donors (Lipinski definition) is 1. The number of hydrogen-bond acceptors (Lipinski definition) is 5. The first kappa shape index (κ1) is 13.2. The summed E-state index contributed by atoms with van der Waals surface area (Å²) in [5.74, 6) is 1.60. The fraction of sp³-hybridized carbons (Fsp3) is 0.533. The number of rotatable bonds is 3. The Hall–Kier alpha value is -1.75. The smallest absolute Gasteiger partial charge is 0.244 e. The van der Waals surface area contributed by atoms with Gasteiger partial charge >= 0.3 is 0 Å². The quantitative estimate of drug-likeness (QED) is 0.929. The van der Waals surface area contributed by atoms with E-state index in [0.29, 0.717) is 17.6 Å². The van der Waals surface area contributed by atoms with Gasteiger partial charge in [0.2, 0.25) is 11.7 Å². The van der Waals surface area contributed by atoms with E-state index in [1.54, 1.807) is 12.4 Å². The molecule has 2 aromatic rings. The largest absolute Gasteiger partial charge is 0.337 e. The molecule has 5 heteroatoms. The number of pyridine rings is 1. The number of aromatic nitrogens is 3. The molecule has 1 fully saturated rings. The molecular formula is C15H20N4O. The average Bonchev–Trinajstić information content (AvgIpc) is 2.97. The number of aryl methyl sites for hydroxylation is 1. The first-order valence-electron chi connectivity index (χ1n) is 7.26. The van der Waals surface area contributed by atoms with Crippen LogP contribution in [-0.2, 0) is 0 Å². The highest BCUT2D eigenvalue weighted by molar-refractivity contribution is 5.57. The molecule has 0 radical (unpaired) electrons. The van der Waals surface area contributed by atoms with Gasteiger partial charge in [0.05, 0.1) is 6.04 Å². The maximum atomic E-state index is 6.29.